The van der Waals surface area contributed by atoms with Crippen molar-refractivity contribution in [3.05, 3.63) is 0 Å². The van der Waals surface area contributed by atoms with Crippen molar-refractivity contribution in [1.29, 1.82) is 0 Å². The monoisotopic (exact) mass is 194 g/mol. The summed E-state index contributed by atoms with van der Waals surface area (Å²) in [6.45, 7) is 1.64. The summed E-state index contributed by atoms with van der Waals surface area (Å²) in [6, 6.07) is 0. The van der Waals surface area contributed by atoms with Crippen LogP contribution in [0.25, 0.3) is 0 Å². The van der Waals surface area contributed by atoms with Crippen molar-refractivity contribution in [2.45, 2.75) is 25.1 Å². The van der Waals surface area contributed by atoms with Crippen molar-refractivity contribution >= 4 is 23.5 Å². The molecule has 0 fully saturated rings. The van der Waals surface area contributed by atoms with Gasteiger partial charge in [0.05, 0.1) is 12.3 Å². The molecule has 0 radical (unpaired) electrons. The van der Waals surface area contributed by atoms with Crippen LogP contribution >= 0.6 is 11.6 Å². The first kappa shape index (κ1) is 11.2. The number of carboxylic acid groups (broad SMARTS) is 2. The number of carboxylic acids is 2. The zero-order valence-corrected chi connectivity index (χ0v) is 7.41. The third-order valence-electron chi connectivity index (χ3n) is 1.38. The minimum atomic E-state index is -1.11. The van der Waals surface area contributed by atoms with Crippen molar-refractivity contribution < 1.29 is 19.8 Å². The van der Waals surface area contributed by atoms with Crippen LogP contribution in [0.2, 0.25) is 0 Å². The SMILES string of the molecule is CC(Cl)CC(CC(=O)O)C(=O)O. The van der Waals surface area contributed by atoms with E-state index in [0.29, 0.717) is 0 Å². The van der Waals surface area contributed by atoms with Crippen LogP contribution in [-0.4, -0.2) is 27.5 Å². The van der Waals surface area contributed by atoms with Crippen LogP contribution in [0.5, 0.6) is 0 Å². The van der Waals surface area contributed by atoms with Crippen LogP contribution in [0.15, 0.2) is 0 Å². The Labute approximate surface area is 75.1 Å². The summed E-state index contributed by atoms with van der Waals surface area (Å²) in [5.41, 5.74) is 0. The molecule has 0 aromatic heterocycles. The van der Waals surface area contributed by atoms with Gasteiger partial charge < -0.3 is 10.2 Å². The van der Waals surface area contributed by atoms with E-state index in [4.69, 9.17) is 21.8 Å². The third-order valence-corrected chi connectivity index (χ3v) is 1.56. The summed E-state index contributed by atoms with van der Waals surface area (Å²) in [7, 11) is 0. The number of aliphatic carboxylic acids is 2. The van der Waals surface area contributed by atoms with Crippen molar-refractivity contribution in [3.63, 3.8) is 0 Å². The summed E-state index contributed by atoms with van der Waals surface area (Å²) in [5.74, 6) is -3.10. The zero-order chi connectivity index (χ0) is 9.72. The normalized spacial score (nSPS) is 15.2. The molecule has 0 amide bonds. The van der Waals surface area contributed by atoms with Crippen LogP contribution in [0.1, 0.15) is 19.8 Å². The quantitative estimate of drug-likeness (QED) is 0.645. The van der Waals surface area contributed by atoms with Gasteiger partial charge in [-0.05, 0) is 13.3 Å². The molecule has 0 aliphatic heterocycles. The van der Waals surface area contributed by atoms with E-state index in [9.17, 15) is 9.59 Å². The van der Waals surface area contributed by atoms with Crippen LogP contribution in [-0.2, 0) is 9.59 Å². The number of hydrogen-bond acceptors (Lipinski definition) is 2. The molecule has 0 aromatic carbocycles. The van der Waals surface area contributed by atoms with Gasteiger partial charge in [0, 0.05) is 5.38 Å². The lowest BCUT2D eigenvalue weighted by molar-refractivity contribution is -0.148. The van der Waals surface area contributed by atoms with Crippen molar-refractivity contribution in [1.82, 2.24) is 0 Å². The number of alkyl halides is 1. The van der Waals surface area contributed by atoms with Gasteiger partial charge in [-0.1, -0.05) is 0 Å². The van der Waals surface area contributed by atoms with Gasteiger partial charge in [-0.2, -0.15) is 0 Å². The summed E-state index contributed by atoms with van der Waals surface area (Å²) in [4.78, 5) is 20.6. The molecule has 0 saturated carbocycles. The predicted molar refractivity (Wildman–Crippen MR) is 43.3 cm³/mol. The molecule has 70 valence electrons. The van der Waals surface area contributed by atoms with E-state index in [1.165, 1.54) is 0 Å². The van der Waals surface area contributed by atoms with Gasteiger partial charge >= 0.3 is 11.9 Å². The largest absolute Gasteiger partial charge is 0.481 e. The molecule has 12 heavy (non-hydrogen) atoms. The second-order valence-electron chi connectivity index (χ2n) is 2.65. The van der Waals surface area contributed by atoms with E-state index >= 15 is 0 Å². The van der Waals surface area contributed by atoms with E-state index in [0.717, 1.165) is 0 Å². The van der Waals surface area contributed by atoms with Crippen LogP contribution < -0.4 is 0 Å². The van der Waals surface area contributed by atoms with Crippen molar-refractivity contribution in [3.8, 4) is 0 Å². The molecule has 0 aliphatic rings. The molecule has 2 unspecified atom stereocenters. The smallest absolute Gasteiger partial charge is 0.307 e. The summed E-state index contributed by atoms with van der Waals surface area (Å²) >= 11 is 5.54. The first-order chi connectivity index (χ1) is 5.43. The second-order valence-corrected chi connectivity index (χ2v) is 3.39. The van der Waals surface area contributed by atoms with E-state index in [1.807, 2.05) is 0 Å². The maximum Gasteiger partial charge on any atom is 0.307 e. The van der Waals surface area contributed by atoms with Gasteiger partial charge in [-0.3, -0.25) is 9.59 Å². The Balaban J connectivity index is 4.04. The number of halogens is 1. The first-order valence-corrected chi connectivity index (χ1v) is 3.95. The maximum absolute atomic E-state index is 10.4. The van der Waals surface area contributed by atoms with Gasteiger partial charge in [0.25, 0.3) is 0 Å². The zero-order valence-electron chi connectivity index (χ0n) is 6.66. The van der Waals surface area contributed by atoms with Gasteiger partial charge in [0.1, 0.15) is 0 Å². The lowest BCUT2D eigenvalue weighted by Gasteiger charge is -2.10. The molecular weight excluding hydrogens is 184 g/mol. The molecule has 0 saturated heterocycles. The predicted octanol–water partition coefficient (Wildman–Crippen LogP) is 1.18. The molecule has 0 aromatic rings. The lowest BCUT2D eigenvalue weighted by atomic mass is 10.0. The highest BCUT2D eigenvalue weighted by molar-refractivity contribution is 6.20. The van der Waals surface area contributed by atoms with Crippen LogP contribution in [0.3, 0.4) is 0 Å². The Morgan fingerprint density at radius 3 is 2.17 bits per heavy atom. The fourth-order valence-electron chi connectivity index (χ4n) is 0.874. The van der Waals surface area contributed by atoms with E-state index in [2.05, 4.69) is 0 Å². The van der Waals surface area contributed by atoms with E-state index < -0.39 is 17.9 Å². The first-order valence-electron chi connectivity index (χ1n) is 3.52. The van der Waals surface area contributed by atoms with Gasteiger partial charge in [-0.15, -0.1) is 11.6 Å². The summed E-state index contributed by atoms with van der Waals surface area (Å²) in [6.07, 6.45) is -0.185. The third kappa shape index (κ3) is 4.96. The fraction of sp³-hybridized carbons (Fsp3) is 0.714. The van der Waals surface area contributed by atoms with E-state index in [1.54, 1.807) is 6.92 Å². The highest BCUT2D eigenvalue weighted by Gasteiger charge is 2.22. The molecule has 0 rings (SSSR count). The molecule has 0 spiro atoms. The van der Waals surface area contributed by atoms with Gasteiger partial charge in [0.2, 0.25) is 0 Å². The minimum absolute atomic E-state index is 0.184. The molecule has 5 heteroatoms. The standard InChI is InChI=1S/C7H11ClO4/c1-4(8)2-5(7(11)12)3-6(9)10/h4-5H,2-3H2,1H3,(H,9,10)(H,11,12). The summed E-state index contributed by atoms with van der Waals surface area (Å²) < 4.78 is 0. The minimum Gasteiger partial charge on any atom is -0.481 e. The molecule has 2 atom stereocenters. The lowest BCUT2D eigenvalue weighted by Crippen LogP contribution is -2.20. The Bertz CT molecular complexity index is 178. The van der Waals surface area contributed by atoms with Crippen molar-refractivity contribution in [2.24, 2.45) is 5.92 Å². The Morgan fingerprint density at radius 2 is 1.92 bits per heavy atom. The molecule has 0 bridgehead atoms. The van der Waals surface area contributed by atoms with Gasteiger partial charge in [0.15, 0.2) is 0 Å². The Hall–Kier alpha value is -0.770. The highest BCUT2D eigenvalue weighted by Crippen LogP contribution is 2.15. The van der Waals surface area contributed by atoms with Gasteiger partial charge in [-0.25, -0.2) is 0 Å². The average Bonchev–Trinajstić information content (AvgIpc) is 1.83. The molecular formula is C7H11ClO4. The number of rotatable bonds is 5. The fourth-order valence-corrected chi connectivity index (χ4v) is 1.09. The molecule has 0 heterocycles. The highest BCUT2D eigenvalue weighted by atomic mass is 35.5. The average molecular weight is 195 g/mol. The van der Waals surface area contributed by atoms with E-state index in [-0.39, 0.29) is 18.2 Å². The molecule has 4 nitrogen and oxygen atoms in total. The van der Waals surface area contributed by atoms with Crippen molar-refractivity contribution in [2.75, 3.05) is 0 Å². The van der Waals surface area contributed by atoms with Crippen LogP contribution in [0.4, 0.5) is 0 Å². The Morgan fingerprint density at radius 1 is 1.42 bits per heavy atom. The maximum atomic E-state index is 10.4. The summed E-state index contributed by atoms with van der Waals surface area (Å²) in [5, 5.41) is 16.6. The Kier molecular flexibility index (Phi) is 4.66. The second kappa shape index (κ2) is 4.98. The van der Waals surface area contributed by atoms with Crippen LogP contribution in [0, 0.1) is 5.92 Å². The molecule has 2 N–H and O–H groups in total. The molecule has 0 aliphatic carbocycles. The topological polar surface area (TPSA) is 74.6 Å². The number of carbonyl (C=O) groups is 2. The number of hydrogen-bond donors (Lipinski definition) is 2.